The molecule has 0 aromatic carbocycles. The van der Waals surface area contributed by atoms with E-state index in [1.54, 1.807) is 43.6 Å². The van der Waals surface area contributed by atoms with Crippen LogP contribution in [0.25, 0.3) is 0 Å². The minimum absolute atomic E-state index is 0.373. The first-order valence-electron chi connectivity index (χ1n) is 8.49. The van der Waals surface area contributed by atoms with E-state index in [9.17, 15) is 9.00 Å². The van der Waals surface area contributed by atoms with Gasteiger partial charge in [0.1, 0.15) is 5.04 Å². The minimum atomic E-state index is -0.903. The summed E-state index contributed by atoms with van der Waals surface area (Å²) in [5.74, 6) is 1.79. The smallest absolute Gasteiger partial charge is 0.296 e. The number of carbonyl (C=O) groups is 1. The number of hydrogen-bond acceptors (Lipinski definition) is 9. The van der Waals surface area contributed by atoms with Crippen LogP contribution in [0.4, 0.5) is 4.79 Å². The van der Waals surface area contributed by atoms with Crippen molar-refractivity contribution in [2.45, 2.75) is 45.4 Å². The molecule has 2 heterocycles. The Balaban J connectivity index is 1.94. The van der Waals surface area contributed by atoms with Gasteiger partial charge in [-0.3, -0.25) is 9.05 Å². The van der Waals surface area contributed by atoms with Gasteiger partial charge in [-0.2, -0.15) is 0 Å². The third kappa shape index (κ3) is 9.67. The van der Waals surface area contributed by atoms with Crippen LogP contribution in [0.15, 0.2) is 5.16 Å². The molecule has 158 valence electrons. The average molecular weight is 547 g/mol. The largest absolute Gasteiger partial charge is 0.446 e. The third-order valence-electron chi connectivity index (χ3n) is 3.50. The first-order valence-corrected chi connectivity index (χ1v) is 20.6. The summed E-state index contributed by atoms with van der Waals surface area (Å²) < 4.78 is 13.4. The fraction of sp³-hybridized carbons (Fsp3) is 0.846. The molecule has 0 N–H and O–H groups in total. The van der Waals surface area contributed by atoms with E-state index in [-0.39, 0.29) is 0 Å². The minimum Gasteiger partial charge on any atom is -0.296 e. The zero-order chi connectivity index (χ0) is 19.5. The molecule has 1 saturated heterocycles. The molecule has 0 aromatic rings. The number of amides is 1. The van der Waals surface area contributed by atoms with Gasteiger partial charge in [0.05, 0.1) is 5.75 Å². The maximum Gasteiger partial charge on any atom is 0.446 e. The normalized spacial score (nSPS) is 27.5. The molecule has 0 aliphatic carbocycles. The fourth-order valence-corrected chi connectivity index (χ4v) is 32.4. The molecular weight excluding hydrogens is 524 g/mol. The van der Waals surface area contributed by atoms with Crippen molar-refractivity contribution in [3.05, 3.63) is 0 Å². The van der Waals surface area contributed by atoms with Crippen molar-refractivity contribution < 1.29 is 13.8 Å². The van der Waals surface area contributed by atoms with Gasteiger partial charge in [0, 0.05) is 84.5 Å². The maximum atomic E-state index is 12.7. The maximum absolute atomic E-state index is 12.7. The quantitative estimate of drug-likeness (QED) is 0.109. The molecule has 2 aliphatic rings. The molecule has 0 spiro atoms. The summed E-state index contributed by atoms with van der Waals surface area (Å²) in [5, 5.41) is 4.61. The van der Waals surface area contributed by atoms with Crippen molar-refractivity contribution in [3.63, 3.8) is 0 Å². The second kappa shape index (κ2) is 14.8. The lowest BCUT2D eigenvalue weighted by atomic mass is 10.1. The summed E-state index contributed by atoms with van der Waals surface area (Å²) in [6.45, 7) is 2.84. The topological polar surface area (TPSA) is 59.0 Å². The highest BCUT2D eigenvalue weighted by Gasteiger charge is 2.26. The molecule has 0 saturated carbocycles. The van der Waals surface area contributed by atoms with E-state index in [0.29, 0.717) is 23.1 Å². The van der Waals surface area contributed by atoms with E-state index >= 15 is 0 Å². The fourth-order valence-electron chi connectivity index (χ4n) is 2.18. The van der Waals surface area contributed by atoms with Gasteiger partial charge in [0.25, 0.3) is 0 Å². The van der Waals surface area contributed by atoms with Crippen LogP contribution < -0.4 is 0 Å². The van der Waals surface area contributed by atoms with E-state index in [1.165, 1.54) is 37.4 Å². The second-order valence-corrected chi connectivity index (χ2v) is 23.8. The summed E-state index contributed by atoms with van der Waals surface area (Å²) in [7, 11) is 11.2. The SMILES string of the molecule is CCCCCCCCN(C(=O)ON=C1CS(=O)CCS1)S1=S(Cl)SSSS1. The first-order chi connectivity index (χ1) is 13.1. The number of rotatable bonds is 9. The highest BCUT2D eigenvalue weighted by Crippen LogP contribution is 2.54. The Hall–Kier alpha value is 1.83. The Morgan fingerprint density at radius 3 is 2.70 bits per heavy atom. The number of thioether (sulfide) groups is 1. The Bertz CT molecular complexity index is 592. The molecule has 2 rings (SSSR count). The van der Waals surface area contributed by atoms with E-state index < -0.39 is 33.3 Å². The van der Waals surface area contributed by atoms with Crippen molar-refractivity contribution >= 4 is 100 Å². The zero-order valence-electron chi connectivity index (χ0n) is 14.8. The molecule has 14 heteroatoms. The number of carbonyl (C=O) groups excluding carboxylic acids is 1. The summed E-state index contributed by atoms with van der Waals surface area (Å²) in [5.41, 5.74) is 0. The summed E-state index contributed by atoms with van der Waals surface area (Å²) in [6, 6.07) is 0. The van der Waals surface area contributed by atoms with Crippen molar-refractivity contribution in [3.8, 4) is 0 Å². The van der Waals surface area contributed by atoms with Crippen LogP contribution in [-0.2, 0) is 32.0 Å². The standard InChI is InChI=1S/C13H23ClN2O3S8/c1-2-3-4-5-6-7-8-16(27-24-22-21-23-26(27)14)13(17)19-15-12-11-25(18)10-9-20-12/h2-11H2,1H3. The van der Waals surface area contributed by atoms with Gasteiger partial charge in [-0.05, 0) is 17.1 Å². The molecule has 3 unspecified atom stereocenters. The van der Waals surface area contributed by atoms with Gasteiger partial charge in [-0.15, -0.1) is 11.8 Å². The van der Waals surface area contributed by atoms with Crippen molar-refractivity contribution in [1.82, 2.24) is 4.31 Å². The monoisotopic (exact) mass is 546 g/mol. The number of halogens is 1. The molecule has 5 nitrogen and oxygen atoms in total. The molecule has 3 atom stereocenters. The first kappa shape index (κ1) is 25.1. The predicted octanol–water partition coefficient (Wildman–Crippen LogP) is 6.34. The van der Waals surface area contributed by atoms with Gasteiger partial charge in [-0.25, -0.2) is 9.10 Å². The van der Waals surface area contributed by atoms with Gasteiger partial charge in [-0.1, -0.05) is 44.2 Å². The van der Waals surface area contributed by atoms with Gasteiger partial charge in [0.2, 0.25) is 0 Å². The summed E-state index contributed by atoms with van der Waals surface area (Å²) >= 11 is 1.51. The van der Waals surface area contributed by atoms with Crippen molar-refractivity contribution in [2.75, 3.05) is 23.8 Å². The van der Waals surface area contributed by atoms with E-state index in [0.717, 1.165) is 18.6 Å². The average Bonchev–Trinajstić information content (AvgIpc) is 2.66. The molecule has 0 radical (unpaired) electrons. The third-order valence-corrected chi connectivity index (χ3v) is 27.7. The van der Waals surface area contributed by atoms with Crippen LogP contribution in [0.1, 0.15) is 45.4 Å². The molecular formula is C13H23ClN2O3S8. The summed E-state index contributed by atoms with van der Waals surface area (Å²) in [4.78, 5) is 17.9. The molecule has 0 bridgehead atoms. The molecule has 2 aliphatic heterocycles. The van der Waals surface area contributed by atoms with Gasteiger partial charge >= 0.3 is 6.09 Å². The zero-order valence-corrected chi connectivity index (χ0v) is 22.1. The number of oxime groups is 1. The van der Waals surface area contributed by atoms with Gasteiger partial charge < -0.3 is 0 Å². The number of hydrogen-bond donors (Lipinski definition) is 0. The highest BCUT2D eigenvalue weighted by molar-refractivity contribution is 9.51. The van der Waals surface area contributed by atoms with Crippen molar-refractivity contribution in [2.24, 2.45) is 5.16 Å². The Morgan fingerprint density at radius 2 is 1.96 bits per heavy atom. The predicted molar refractivity (Wildman–Crippen MR) is 135 cm³/mol. The van der Waals surface area contributed by atoms with Crippen LogP contribution in [-0.4, -0.2) is 43.5 Å². The Morgan fingerprint density at radius 1 is 1.22 bits per heavy atom. The summed E-state index contributed by atoms with van der Waals surface area (Å²) in [6.07, 6.45) is 6.51. The van der Waals surface area contributed by atoms with Crippen LogP contribution in [0, 0.1) is 0 Å². The molecule has 0 aromatic heterocycles. The Kier molecular flexibility index (Phi) is 13.7. The molecule has 1 fully saturated rings. The van der Waals surface area contributed by atoms with E-state index in [4.69, 9.17) is 15.5 Å². The lowest BCUT2D eigenvalue weighted by Gasteiger charge is -2.26. The van der Waals surface area contributed by atoms with Crippen LogP contribution in [0.3, 0.4) is 0 Å². The Labute approximate surface area is 191 Å². The highest BCUT2D eigenvalue weighted by atomic mass is 35.8. The van der Waals surface area contributed by atoms with Crippen LogP contribution >= 0.6 is 61.7 Å². The van der Waals surface area contributed by atoms with E-state index in [1.807, 2.05) is 0 Å². The van der Waals surface area contributed by atoms with Crippen molar-refractivity contribution in [1.29, 1.82) is 0 Å². The van der Waals surface area contributed by atoms with E-state index in [2.05, 4.69) is 12.1 Å². The number of unbranched alkanes of at least 4 members (excludes halogenated alkanes) is 5. The second-order valence-electron chi connectivity index (χ2n) is 5.53. The van der Waals surface area contributed by atoms with Crippen LogP contribution in [0.5, 0.6) is 0 Å². The lowest BCUT2D eigenvalue weighted by molar-refractivity contribution is 0.132. The molecule has 1 amide bonds. The van der Waals surface area contributed by atoms with Crippen LogP contribution in [0.2, 0.25) is 0 Å². The molecule has 27 heavy (non-hydrogen) atoms. The lowest BCUT2D eigenvalue weighted by Crippen LogP contribution is -2.33. The number of nitrogens with zero attached hydrogens (tertiary/aromatic N) is 2. The van der Waals surface area contributed by atoms with Gasteiger partial charge in [0.15, 0.2) is 0 Å².